The lowest BCUT2D eigenvalue weighted by atomic mass is 9.86. The molecule has 0 aliphatic carbocycles. The molecule has 3 aromatic rings. The Labute approximate surface area is 241 Å². The number of esters is 1. The van der Waals surface area contributed by atoms with Crippen LogP contribution in [0, 0.1) is 5.41 Å². The summed E-state index contributed by atoms with van der Waals surface area (Å²) < 4.78 is 4.90. The molecule has 1 aliphatic heterocycles. The molecule has 0 spiro atoms. The molecule has 0 unspecified atom stereocenters. The summed E-state index contributed by atoms with van der Waals surface area (Å²) >= 11 is 6.10. The first-order valence-corrected chi connectivity index (χ1v) is 14.1. The van der Waals surface area contributed by atoms with Crippen LogP contribution < -0.4 is 9.80 Å². The SMILES string of the molecule is COC(=O)C(C)(C)CCCc1ccc(C(=O)N2c3ccccc3[C@H](N(C(C)=O)c3ccc(Cl)cc3)C[C@H]2C)cc1. The van der Waals surface area contributed by atoms with Crippen LogP contribution in [0.1, 0.15) is 74.5 Å². The number of para-hydroxylation sites is 1. The highest BCUT2D eigenvalue weighted by atomic mass is 35.5. The first kappa shape index (κ1) is 29.3. The lowest BCUT2D eigenvalue weighted by molar-refractivity contribution is -0.151. The summed E-state index contributed by atoms with van der Waals surface area (Å²) in [5.41, 5.74) is 3.72. The highest BCUT2D eigenvalue weighted by molar-refractivity contribution is 6.30. The first-order valence-electron chi connectivity index (χ1n) is 13.7. The summed E-state index contributed by atoms with van der Waals surface area (Å²) in [7, 11) is 1.42. The number of ether oxygens (including phenoxy) is 1. The van der Waals surface area contributed by atoms with E-state index in [1.54, 1.807) is 24.0 Å². The lowest BCUT2D eigenvalue weighted by Gasteiger charge is -2.43. The highest BCUT2D eigenvalue weighted by Gasteiger charge is 2.38. The number of carbonyl (C=O) groups excluding carboxylic acids is 3. The number of anilines is 2. The van der Waals surface area contributed by atoms with Gasteiger partial charge in [0.15, 0.2) is 0 Å². The van der Waals surface area contributed by atoms with Crippen LogP contribution in [0.4, 0.5) is 11.4 Å². The van der Waals surface area contributed by atoms with Gasteiger partial charge in [-0.05, 0) is 100 Å². The molecular formula is C33H37ClN2O4. The average Bonchev–Trinajstić information content (AvgIpc) is 2.93. The second-order valence-corrected chi connectivity index (χ2v) is 11.6. The Morgan fingerprint density at radius 2 is 1.65 bits per heavy atom. The summed E-state index contributed by atoms with van der Waals surface area (Å²) in [5.74, 6) is -0.344. The fourth-order valence-corrected chi connectivity index (χ4v) is 5.71. The molecule has 40 heavy (non-hydrogen) atoms. The third-order valence-corrected chi connectivity index (χ3v) is 7.99. The third-order valence-electron chi connectivity index (χ3n) is 7.74. The van der Waals surface area contributed by atoms with Crippen LogP contribution in [-0.4, -0.2) is 30.9 Å². The summed E-state index contributed by atoms with van der Waals surface area (Å²) in [6, 6.07) is 22.5. The molecule has 7 heteroatoms. The van der Waals surface area contributed by atoms with Gasteiger partial charge < -0.3 is 14.5 Å². The minimum atomic E-state index is -0.522. The van der Waals surface area contributed by atoms with Gasteiger partial charge in [-0.2, -0.15) is 0 Å². The van der Waals surface area contributed by atoms with Gasteiger partial charge in [0.1, 0.15) is 0 Å². The minimum Gasteiger partial charge on any atom is -0.469 e. The average molecular weight is 561 g/mol. The number of hydrogen-bond acceptors (Lipinski definition) is 4. The lowest BCUT2D eigenvalue weighted by Crippen LogP contribution is -2.47. The Morgan fingerprint density at radius 3 is 2.27 bits per heavy atom. The van der Waals surface area contributed by atoms with Gasteiger partial charge in [0, 0.05) is 34.9 Å². The van der Waals surface area contributed by atoms with Gasteiger partial charge in [0.2, 0.25) is 5.91 Å². The van der Waals surface area contributed by atoms with Gasteiger partial charge in [0.05, 0.1) is 18.6 Å². The van der Waals surface area contributed by atoms with Crippen molar-refractivity contribution in [1.29, 1.82) is 0 Å². The van der Waals surface area contributed by atoms with Crippen LogP contribution in [0.5, 0.6) is 0 Å². The van der Waals surface area contributed by atoms with E-state index < -0.39 is 5.41 Å². The first-order chi connectivity index (χ1) is 19.0. The topological polar surface area (TPSA) is 66.9 Å². The summed E-state index contributed by atoms with van der Waals surface area (Å²) in [6.07, 6.45) is 2.97. The molecule has 2 atom stereocenters. The van der Waals surface area contributed by atoms with Crippen molar-refractivity contribution in [1.82, 2.24) is 0 Å². The van der Waals surface area contributed by atoms with E-state index in [1.165, 1.54) is 7.11 Å². The van der Waals surface area contributed by atoms with Crippen molar-refractivity contribution in [2.24, 2.45) is 5.41 Å². The van der Waals surface area contributed by atoms with Gasteiger partial charge >= 0.3 is 5.97 Å². The molecule has 4 rings (SSSR count). The van der Waals surface area contributed by atoms with E-state index in [1.807, 2.05) is 86.3 Å². The predicted octanol–water partition coefficient (Wildman–Crippen LogP) is 7.40. The molecule has 0 saturated carbocycles. The predicted molar refractivity (Wildman–Crippen MR) is 160 cm³/mol. The van der Waals surface area contributed by atoms with Crippen LogP contribution in [-0.2, 0) is 20.7 Å². The van der Waals surface area contributed by atoms with E-state index in [-0.39, 0.29) is 29.9 Å². The molecule has 1 aliphatic rings. The minimum absolute atomic E-state index is 0.0698. The maximum absolute atomic E-state index is 13.8. The number of carbonyl (C=O) groups is 3. The quantitative estimate of drug-likeness (QED) is 0.269. The molecule has 1 heterocycles. The number of nitrogens with zero attached hydrogens (tertiary/aromatic N) is 2. The largest absolute Gasteiger partial charge is 0.469 e. The smallest absolute Gasteiger partial charge is 0.311 e. The number of amides is 2. The molecule has 3 aromatic carbocycles. The molecule has 2 amide bonds. The summed E-state index contributed by atoms with van der Waals surface area (Å²) in [5, 5.41) is 0.609. The zero-order valence-corrected chi connectivity index (χ0v) is 24.6. The number of aryl methyl sites for hydroxylation is 1. The fraction of sp³-hybridized carbons (Fsp3) is 0.364. The number of rotatable bonds is 8. The number of fused-ring (bicyclic) bond motifs is 1. The normalized spacial score (nSPS) is 16.7. The monoisotopic (exact) mass is 560 g/mol. The maximum Gasteiger partial charge on any atom is 0.311 e. The zero-order chi connectivity index (χ0) is 29.0. The third kappa shape index (κ3) is 6.23. The van der Waals surface area contributed by atoms with E-state index in [0.717, 1.165) is 41.8 Å². The van der Waals surface area contributed by atoms with Gasteiger partial charge in [-0.25, -0.2) is 0 Å². The zero-order valence-electron chi connectivity index (χ0n) is 23.8. The second kappa shape index (κ2) is 12.3. The van der Waals surface area contributed by atoms with E-state index in [2.05, 4.69) is 0 Å². The summed E-state index contributed by atoms with van der Waals surface area (Å²) in [6.45, 7) is 7.39. The van der Waals surface area contributed by atoms with Crippen LogP contribution in [0.3, 0.4) is 0 Å². The Hall–Kier alpha value is -3.64. The molecule has 0 bridgehead atoms. The van der Waals surface area contributed by atoms with E-state index in [9.17, 15) is 14.4 Å². The molecule has 0 N–H and O–H groups in total. The molecule has 6 nitrogen and oxygen atoms in total. The van der Waals surface area contributed by atoms with Crippen LogP contribution in [0.2, 0.25) is 5.02 Å². The van der Waals surface area contributed by atoms with Gasteiger partial charge in [0.25, 0.3) is 5.91 Å². The summed E-state index contributed by atoms with van der Waals surface area (Å²) in [4.78, 5) is 42.3. The Bertz CT molecular complexity index is 1370. The van der Waals surface area contributed by atoms with E-state index in [0.29, 0.717) is 17.0 Å². The van der Waals surface area contributed by atoms with Crippen LogP contribution >= 0.6 is 11.6 Å². The van der Waals surface area contributed by atoms with Crippen molar-refractivity contribution in [3.63, 3.8) is 0 Å². The molecular weight excluding hydrogens is 524 g/mol. The van der Waals surface area contributed by atoms with Crippen molar-refractivity contribution in [3.05, 3.63) is 94.5 Å². The van der Waals surface area contributed by atoms with Crippen molar-refractivity contribution in [3.8, 4) is 0 Å². The van der Waals surface area contributed by atoms with Crippen molar-refractivity contribution < 1.29 is 19.1 Å². The number of halogens is 1. The van der Waals surface area contributed by atoms with Crippen LogP contribution in [0.25, 0.3) is 0 Å². The van der Waals surface area contributed by atoms with Gasteiger partial charge in [-0.15, -0.1) is 0 Å². The molecule has 0 fully saturated rings. The highest BCUT2D eigenvalue weighted by Crippen LogP contribution is 2.43. The molecule has 0 radical (unpaired) electrons. The Balaban J connectivity index is 1.55. The van der Waals surface area contributed by atoms with Crippen LogP contribution in [0.15, 0.2) is 72.8 Å². The molecule has 0 aromatic heterocycles. The number of hydrogen-bond donors (Lipinski definition) is 0. The van der Waals surface area contributed by atoms with Crippen molar-refractivity contribution in [2.75, 3.05) is 16.9 Å². The van der Waals surface area contributed by atoms with Gasteiger partial charge in [-0.1, -0.05) is 41.9 Å². The van der Waals surface area contributed by atoms with Crippen molar-refractivity contribution >= 4 is 40.8 Å². The molecule has 210 valence electrons. The number of benzene rings is 3. The number of methoxy groups -OCH3 is 1. The fourth-order valence-electron chi connectivity index (χ4n) is 5.58. The second-order valence-electron chi connectivity index (χ2n) is 11.1. The standard InChI is InChI=1S/C33H37ClN2O4/c1-22-21-30(36(23(2)37)27-18-16-26(34)17-19-27)28-10-6-7-11-29(28)35(22)31(38)25-14-12-24(13-15-25)9-8-20-33(3,4)32(39)40-5/h6-7,10-19,22,30H,8-9,20-21H2,1-5H3/t22-,30-/m1/s1. The van der Waals surface area contributed by atoms with E-state index >= 15 is 0 Å². The van der Waals surface area contributed by atoms with Crippen molar-refractivity contribution in [2.45, 2.75) is 65.5 Å². The van der Waals surface area contributed by atoms with E-state index in [4.69, 9.17) is 16.3 Å². The molecule has 0 saturated heterocycles. The Morgan fingerprint density at radius 1 is 1.00 bits per heavy atom. The maximum atomic E-state index is 13.8. The Kier molecular flexibility index (Phi) is 8.99. The van der Waals surface area contributed by atoms with Gasteiger partial charge in [-0.3, -0.25) is 14.4 Å².